The average Bonchev–Trinajstić information content (AvgIpc) is 2.49. The molecule has 0 saturated heterocycles. The minimum atomic E-state index is 0.337. The highest BCUT2D eigenvalue weighted by Crippen LogP contribution is 2.21. The van der Waals surface area contributed by atoms with Gasteiger partial charge in [-0.3, -0.25) is 4.79 Å². The molecule has 0 aromatic carbocycles. The van der Waals surface area contributed by atoms with Crippen molar-refractivity contribution in [2.45, 2.75) is 19.4 Å². The lowest BCUT2D eigenvalue weighted by atomic mass is 10.1. The second-order valence-electron chi connectivity index (χ2n) is 3.34. The number of rotatable bonds is 3. The van der Waals surface area contributed by atoms with E-state index in [9.17, 15) is 4.79 Å². The van der Waals surface area contributed by atoms with Crippen molar-refractivity contribution < 1.29 is 4.79 Å². The van der Waals surface area contributed by atoms with E-state index in [-0.39, 0.29) is 0 Å². The standard InChI is InChI=1S/C10H15NO/c1-8(11(2)3)10-6-4-5-9(10)7-12/h4,6-8H,5H2,1-3H3/t8-/m0/s1. The molecule has 0 aliphatic heterocycles. The van der Waals surface area contributed by atoms with Crippen molar-refractivity contribution in [3.63, 3.8) is 0 Å². The summed E-state index contributed by atoms with van der Waals surface area (Å²) in [5.41, 5.74) is 2.09. The highest BCUT2D eigenvalue weighted by atomic mass is 16.1. The Bertz CT molecular complexity index is 238. The fraction of sp³-hybridized carbons (Fsp3) is 0.500. The molecule has 1 atom stereocenters. The van der Waals surface area contributed by atoms with Crippen LogP contribution in [-0.4, -0.2) is 31.3 Å². The molecule has 0 spiro atoms. The minimum absolute atomic E-state index is 0.337. The molecule has 0 bridgehead atoms. The zero-order valence-electron chi connectivity index (χ0n) is 7.87. The summed E-state index contributed by atoms with van der Waals surface area (Å²) in [6.45, 7) is 2.11. The molecule has 2 heteroatoms. The predicted molar refractivity (Wildman–Crippen MR) is 50.0 cm³/mol. The van der Waals surface area contributed by atoms with Crippen LogP contribution in [0.1, 0.15) is 13.3 Å². The third-order valence-corrected chi connectivity index (χ3v) is 2.37. The molecule has 0 aromatic heterocycles. The van der Waals surface area contributed by atoms with Crippen molar-refractivity contribution in [2.75, 3.05) is 14.1 Å². The number of nitrogens with zero attached hydrogens (tertiary/aromatic N) is 1. The van der Waals surface area contributed by atoms with Gasteiger partial charge in [0.15, 0.2) is 0 Å². The summed E-state index contributed by atoms with van der Waals surface area (Å²) in [5.74, 6) is 0. The lowest BCUT2D eigenvalue weighted by Crippen LogP contribution is -2.26. The Balaban J connectivity index is 2.84. The van der Waals surface area contributed by atoms with Crippen molar-refractivity contribution >= 4 is 6.29 Å². The first kappa shape index (κ1) is 9.20. The van der Waals surface area contributed by atoms with Crippen molar-refractivity contribution in [2.24, 2.45) is 0 Å². The molecule has 12 heavy (non-hydrogen) atoms. The van der Waals surface area contributed by atoms with Gasteiger partial charge in [-0.1, -0.05) is 12.2 Å². The predicted octanol–water partition coefficient (Wildman–Crippen LogP) is 1.39. The third-order valence-electron chi connectivity index (χ3n) is 2.37. The molecule has 1 aliphatic carbocycles. The first-order chi connectivity index (χ1) is 5.66. The second-order valence-corrected chi connectivity index (χ2v) is 3.34. The van der Waals surface area contributed by atoms with Gasteiger partial charge < -0.3 is 4.90 Å². The van der Waals surface area contributed by atoms with Crippen LogP contribution in [0.5, 0.6) is 0 Å². The van der Waals surface area contributed by atoms with Gasteiger partial charge in [-0.05, 0) is 33.0 Å². The molecule has 0 fully saturated rings. The maximum absolute atomic E-state index is 10.6. The number of carbonyl (C=O) groups is 1. The highest BCUT2D eigenvalue weighted by molar-refractivity contribution is 5.78. The fourth-order valence-corrected chi connectivity index (χ4v) is 1.34. The summed E-state index contributed by atoms with van der Waals surface area (Å²) in [4.78, 5) is 12.7. The van der Waals surface area contributed by atoms with Gasteiger partial charge in [-0.25, -0.2) is 0 Å². The Hall–Kier alpha value is -0.890. The van der Waals surface area contributed by atoms with E-state index in [0.29, 0.717) is 6.04 Å². The summed E-state index contributed by atoms with van der Waals surface area (Å²) >= 11 is 0. The van der Waals surface area contributed by atoms with Gasteiger partial charge in [0.1, 0.15) is 6.29 Å². The zero-order valence-corrected chi connectivity index (χ0v) is 7.87. The summed E-state index contributed by atoms with van der Waals surface area (Å²) < 4.78 is 0. The zero-order chi connectivity index (χ0) is 9.14. The number of likely N-dealkylation sites (N-methyl/N-ethyl adjacent to an activating group) is 1. The Kier molecular flexibility index (Phi) is 2.82. The van der Waals surface area contributed by atoms with Gasteiger partial charge in [0.25, 0.3) is 0 Å². The molecule has 0 heterocycles. The van der Waals surface area contributed by atoms with E-state index in [0.717, 1.165) is 23.9 Å². The van der Waals surface area contributed by atoms with Gasteiger partial charge in [0.2, 0.25) is 0 Å². The number of allylic oxidation sites excluding steroid dienone is 2. The van der Waals surface area contributed by atoms with Crippen molar-refractivity contribution in [3.05, 3.63) is 23.3 Å². The van der Waals surface area contributed by atoms with E-state index in [1.807, 2.05) is 20.2 Å². The maximum atomic E-state index is 10.6. The molecule has 0 N–H and O–H groups in total. The normalized spacial score (nSPS) is 19.0. The quantitative estimate of drug-likeness (QED) is 0.589. The molecule has 0 saturated carbocycles. The Morgan fingerprint density at radius 2 is 2.25 bits per heavy atom. The molecule has 0 unspecified atom stereocenters. The van der Waals surface area contributed by atoms with E-state index < -0.39 is 0 Å². The van der Waals surface area contributed by atoms with Crippen LogP contribution in [-0.2, 0) is 4.79 Å². The topological polar surface area (TPSA) is 20.3 Å². The van der Waals surface area contributed by atoms with Crippen LogP contribution in [0, 0.1) is 0 Å². The second kappa shape index (κ2) is 3.68. The van der Waals surface area contributed by atoms with Crippen LogP contribution in [0.25, 0.3) is 0 Å². The van der Waals surface area contributed by atoms with Crippen LogP contribution < -0.4 is 0 Å². The van der Waals surface area contributed by atoms with Crippen LogP contribution in [0.3, 0.4) is 0 Å². The van der Waals surface area contributed by atoms with Gasteiger partial charge >= 0.3 is 0 Å². The molecule has 1 aliphatic rings. The highest BCUT2D eigenvalue weighted by Gasteiger charge is 2.15. The average molecular weight is 165 g/mol. The van der Waals surface area contributed by atoms with Crippen molar-refractivity contribution in [1.82, 2.24) is 4.90 Å². The van der Waals surface area contributed by atoms with Gasteiger partial charge in [-0.15, -0.1) is 0 Å². The summed E-state index contributed by atoms with van der Waals surface area (Å²) in [7, 11) is 4.04. The van der Waals surface area contributed by atoms with E-state index in [1.165, 1.54) is 0 Å². The molecule has 0 amide bonds. The SMILES string of the molecule is C[C@@H](C1=C(C=O)CC=C1)N(C)C. The number of carbonyl (C=O) groups excluding carboxylic acids is 1. The monoisotopic (exact) mass is 165 g/mol. The largest absolute Gasteiger partial charge is 0.303 e. The van der Waals surface area contributed by atoms with Gasteiger partial charge in [-0.2, -0.15) is 0 Å². The van der Waals surface area contributed by atoms with Crippen LogP contribution in [0.15, 0.2) is 23.3 Å². The Morgan fingerprint density at radius 1 is 1.58 bits per heavy atom. The van der Waals surface area contributed by atoms with Gasteiger partial charge in [0, 0.05) is 11.6 Å². The minimum Gasteiger partial charge on any atom is -0.303 e. The lowest BCUT2D eigenvalue weighted by molar-refractivity contribution is -0.105. The van der Waals surface area contributed by atoms with Gasteiger partial charge in [0.05, 0.1) is 0 Å². The Labute approximate surface area is 73.6 Å². The molecule has 66 valence electrons. The van der Waals surface area contributed by atoms with E-state index in [4.69, 9.17) is 0 Å². The van der Waals surface area contributed by atoms with Crippen molar-refractivity contribution in [1.29, 1.82) is 0 Å². The third kappa shape index (κ3) is 1.64. The van der Waals surface area contributed by atoms with Crippen LogP contribution in [0.4, 0.5) is 0 Å². The molecule has 2 nitrogen and oxygen atoms in total. The number of aldehydes is 1. The van der Waals surface area contributed by atoms with Crippen molar-refractivity contribution in [3.8, 4) is 0 Å². The summed E-state index contributed by atoms with van der Waals surface area (Å²) in [5, 5.41) is 0. The molecular formula is C10H15NO. The van der Waals surface area contributed by atoms with E-state index in [2.05, 4.69) is 17.9 Å². The number of hydrogen-bond donors (Lipinski definition) is 0. The molecule has 1 rings (SSSR count). The van der Waals surface area contributed by atoms with E-state index >= 15 is 0 Å². The molecular weight excluding hydrogens is 150 g/mol. The smallest absolute Gasteiger partial charge is 0.146 e. The lowest BCUT2D eigenvalue weighted by Gasteiger charge is -2.20. The summed E-state index contributed by atoms with van der Waals surface area (Å²) in [6, 6.07) is 0.337. The molecule has 0 aromatic rings. The summed E-state index contributed by atoms with van der Waals surface area (Å²) in [6.07, 6.45) is 5.86. The number of hydrogen-bond acceptors (Lipinski definition) is 2. The Morgan fingerprint density at radius 3 is 2.75 bits per heavy atom. The maximum Gasteiger partial charge on any atom is 0.146 e. The fourth-order valence-electron chi connectivity index (χ4n) is 1.34. The molecule has 0 radical (unpaired) electrons. The van der Waals surface area contributed by atoms with E-state index in [1.54, 1.807) is 0 Å². The first-order valence-corrected chi connectivity index (χ1v) is 4.18. The first-order valence-electron chi connectivity index (χ1n) is 4.18. The van der Waals surface area contributed by atoms with Crippen LogP contribution >= 0.6 is 0 Å². The van der Waals surface area contributed by atoms with Crippen LogP contribution in [0.2, 0.25) is 0 Å².